The average molecular weight is 258 g/mol. The molecule has 17 heavy (non-hydrogen) atoms. The maximum Gasteiger partial charge on any atom is 0.326 e. The predicted molar refractivity (Wildman–Crippen MR) is 62.0 cm³/mol. The van der Waals surface area contributed by atoms with Gasteiger partial charge in [-0.3, -0.25) is 4.79 Å². The van der Waals surface area contributed by atoms with E-state index in [0.717, 1.165) is 0 Å². The van der Waals surface area contributed by atoms with Crippen LogP contribution in [0.2, 0.25) is 5.02 Å². The lowest BCUT2D eigenvalue weighted by Gasteiger charge is -2.13. The number of carboxylic acids is 1. The molecular weight excluding hydrogens is 246 g/mol. The van der Waals surface area contributed by atoms with E-state index in [4.69, 9.17) is 21.8 Å². The monoisotopic (exact) mass is 257 g/mol. The van der Waals surface area contributed by atoms with Crippen molar-refractivity contribution in [3.63, 3.8) is 0 Å². The molecule has 1 amide bonds. The first kappa shape index (κ1) is 13.5. The van der Waals surface area contributed by atoms with Crippen molar-refractivity contribution < 1.29 is 19.8 Å². The minimum atomic E-state index is -1.19. The van der Waals surface area contributed by atoms with Crippen molar-refractivity contribution in [1.29, 1.82) is 0 Å². The number of halogens is 1. The van der Waals surface area contributed by atoms with Gasteiger partial charge in [-0.05, 0) is 18.2 Å². The molecule has 0 aliphatic heterocycles. The molecule has 1 aromatic rings. The van der Waals surface area contributed by atoms with E-state index >= 15 is 0 Å². The maximum atomic E-state index is 11.7. The minimum absolute atomic E-state index is 0.0400. The molecule has 0 spiro atoms. The highest BCUT2D eigenvalue weighted by Crippen LogP contribution is 2.10. The van der Waals surface area contributed by atoms with E-state index in [1.165, 1.54) is 12.1 Å². The number of hydrogen-bond donors (Lipinski definition) is 3. The summed E-state index contributed by atoms with van der Waals surface area (Å²) in [5.41, 5.74) is 0.279. The van der Waals surface area contributed by atoms with Crippen molar-refractivity contribution in [2.75, 3.05) is 6.61 Å². The van der Waals surface area contributed by atoms with Crippen LogP contribution in [0.3, 0.4) is 0 Å². The number of amides is 1. The molecule has 1 rings (SSSR count). The van der Waals surface area contributed by atoms with Gasteiger partial charge in [0, 0.05) is 23.6 Å². The molecule has 0 heterocycles. The van der Waals surface area contributed by atoms with Crippen LogP contribution in [-0.4, -0.2) is 34.7 Å². The van der Waals surface area contributed by atoms with E-state index in [9.17, 15) is 9.59 Å². The van der Waals surface area contributed by atoms with Gasteiger partial charge in [0.05, 0.1) is 0 Å². The number of aliphatic carboxylic acids is 1. The fraction of sp³-hybridized carbons (Fsp3) is 0.273. The Labute approximate surface area is 103 Å². The molecule has 0 saturated heterocycles. The Morgan fingerprint density at radius 2 is 2.12 bits per heavy atom. The van der Waals surface area contributed by atoms with Crippen molar-refractivity contribution in [3.8, 4) is 0 Å². The summed E-state index contributed by atoms with van der Waals surface area (Å²) in [7, 11) is 0. The third-order valence-corrected chi connectivity index (χ3v) is 2.34. The Hall–Kier alpha value is -1.59. The zero-order valence-corrected chi connectivity index (χ0v) is 9.65. The molecule has 0 aliphatic rings. The molecule has 0 radical (unpaired) electrons. The van der Waals surface area contributed by atoms with E-state index in [1.807, 2.05) is 0 Å². The molecule has 0 aromatic heterocycles. The fourth-order valence-electron chi connectivity index (χ4n) is 1.26. The topological polar surface area (TPSA) is 86.6 Å². The van der Waals surface area contributed by atoms with Crippen LogP contribution in [0.15, 0.2) is 24.3 Å². The summed E-state index contributed by atoms with van der Waals surface area (Å²) >= 11 is 5.71. The molecule has 0 saturated carbocycles. The Balaban J connectivity index is 2.73. The van der Waals surface area contributed by atoms with Crippen molar-refractivity contribution >= 4 is 23.5 Å². The van der Waals surface area contributed by atoms with Crippen LogP contribution in [0.1, 0.15) is 16.8 Å². The second kappa shape index (κ2) is 6.22. The van der Waals surface area contributed by atoms with Gasteiger partial charge in [0.25, 0.3) is 5.91 Å². The Morgan fingerprint density at radius 1 is 1.41 bits per heavy atom. The summed E-state index contributed by atoms with van der Waals surface area (Å²) in [5.74, 6) is -1.72. The number of carboxylic acid groups (broad SMARTS) is 1. The number of carbonyl (C=O) groups is 2. The molecule has 1 atom stereocenters. The highest BCUT2D eigenvalue weighted by molar-refractivity contribution is 6.30. The maximum absolute atomic E-state index is 11.7. The van der Waals surface area contributed by atoms with Crippen molar-refractivity contribution in [3.05, 3.63) is 34.9 Å². The quantitative estimate of drug-likeness (QED) is 0.732. The van der Waals surface area contributed by atoms with E-state index in [-0.39, 0.29) is 18.6 Å². The van der Waals surface area contributed by atoms with Crippen LogP contribution in [0.25, 0.3) is 0 Å². The Kier molecular flexibility index (Phi) is 4.93. The zero-order chi connectivity index (χ0) is 12.8. The van der Waals surface area contributed by atoms with Gasteiger partial charge in [-0.2, -0.15) is 0 Å². The SMILES string of the molecule is O=C(N[C@H](CCO)C(=O)O)c1cccc(Cl)c1. The highest BCUT2D eigenvalue weighted by atomic mass is 35.5. The van der Waals surface area contributed by atoms with Crippen LogP contribution >= 0.6 is 11.6 Å². The minimum Gasteiger partial charge on any atom is -0.480 e. The lowest BCUT2D eigenvalue weighted by molar-refractivity contribution is -0.139. The smallest absolute Gasteiger partial charge is 0.326 e. The van der Waals surface area contributed by atoms with Gasteiger partial charge < -0.3 is 15.5 Å². The number of carbonyl (C=O) groups excluding carboxylic acids is 1. The number of aliphatic hydroxyl groups excluding tert-OH is 1. The molecular formula is C11H12ClNO4. The molecule has 1 aromatic carbocycles. The third-order valence-electron chi connectivity index (χ3n) is 2.11. The van der Waals surface area contributed by atoms with Crippen molar-refractivity contribution in [1.82, 2.24) is 5.32 Å². The molecule has 0 aliphatic carbocycles. The van der Waals surface area contributed by atoms with Crippen LogP contribution in [0.4, 0.5) is 0 Å². The molecule has 92 valence electrons. The summed E-state index contributed by atoms with van der Waals surface area (Å²) in [6, 6.07) is 5.07. The Morgan fingerprint density at radius 3 is 2.65 bits per heavy atom. The molecule has 3 N–H and O–H groups in total. The first-order valence-electron chi connectivity index (χ1n) is 4.94. The summed E-state index contributed by atoms with van der Waals surface area (Å²) < 4.78 is 0. The van der Waals surface area contributed by atoms with E-state index < -0.39 is 17.9 Å². The van der Waals surface area contributed by atoms with Gasteiger partial charge >= 0.3 is 5.97 Å². The lowest BCUT2D eigenvalue weighted by atomic mass is 10.1. The number of benzene rings is 1. The third kappa shape index (κ3) is 4.05. The molecule has 5 nitrogen and oxygen atoms in total. The summed E-state index contributed by atoms with van der Waals surface area (Å²) in [4.78, 5) is 22.4. The summed E-state index contributed by atoms with van der Waals surface area (Å²) in [6.45, 7) is -0.313. The van der Waals surface area contributed by atoms with Crippen molar-refractivity contribution in [2.45, 2.75) is 12.5 Å². The van der Waals surface area contributed by atoms with Crippen LogP contribution in [-0.2, 0) is 4.79 Å². The fourth-order valence-corrected chi connectivity index (χ4v) is 1.45. The largest absolute Gasteiger partial charge is 0.480 e. The van der Waals surface area contributed by atoms with E-state index in [0.29, 0.717) is 5.02 Å². The van der Waals surface area contributed by atoms with Gasteiger partial charge in [0.2, 0.25) is 0 Å². The second-order valence-electron chi connectivity index (χ2n) is 3.39. The lowest BCUT2D eigenvalue weighted by Crippen LogP contribution is -2.41. The van der Waals surface area contributed by atoms with Crippen LogP contribution in [0, 0.1) is 0 Å². The van der Waals surface area contributed by atoms with Crippen LogP contribution < -0.4 is 5.32 Å². The predicted octanol–water partition coefficient (Wildman–Crippen LogP) is 0.905. The summed E-state index contributed by atoms with van der Waals surface area (Å²) in [5, 5.41) is 20.2. The first-order chi connectivity index (χ1) is 8.04. The standard InChI is InChI=1S/C11H12ClNO4/c12-8-3-1-2-7(6-8)10(15)13-9(4-5-14)11(16)17/h1-3,6,9,14H,4-5H2,(H,13,15)(H,16,17)/t9-/m1/s1. The van der Waals surface area contributed by atoms with Gasteiger partial charge in [0.15, 0.2) is 0 Å². The molecule has 0 bridgehead atoms. The van der Waals surface area contributed by atoms with Gasteiger partial charge in [-0.1, -0.05) is 17.7 Å². The number of rotatable bonds is 5. The number of hydrogen-bond acceptors (Lipinski definition) is 3. The average Bonchev–Trinajstić information content (AvgIpc) is 2.28. The summed E-state index contributed by atoms with van der Waals surface area (Å²) in [6.07, 6.45) is -0.0400. The zero-order valence-electron chi connectivity index (χ0n) is 8.89. The van der Waals surface area contributed by atoms with Gasteiger partial charge in [0.1, 0.15) is 6.04 Å². The molecule has 6 heteroatoms. The van der Waals surface area contributed by atoms with E-state index in [1.54, 1.807) is 12.1 Å². The van der Waals surface area contributed by atoms with E-state index in [2.05, 4.69) is 5.32 Å². The highest BCUT2D eigenvalue weighted by Gasteiger charge is 2.19. The van der Waals surface area contributed by atoms with Crippen LogP contribution in [0.5, 0.6) is 0 Å². The number of aliphatic hydroxyl groups is 1. The van der Waals surface area contributed by atoms with Gasteiger partial charge in [-0.15, -0.1) is 0 Å². The molecule has 0 unspecified atom stereocenters. The molecule has 0 fully saturated rings. The normalized spacial score (nSPS) is 11.9. The van der Waals surface area contributed by atoms with Gasteiger partial charge in [-0.25, -0.2) is 4.79 Å². The Bertz CT molecular complexity index is 422. The second-order valence-corrected chi connectivity index (χ2v) is 3.82. The first-order valence-corrected chi connectivity index (χ1v) is 5.32. The van der Waals surface area contributed by atoms with Crippen molar-refractivity contribution in [2.24, 2.45) is 0 Å². The number of nitrogens with one attached hydrogen (secondary N) is 1.